The van der Waals surface area contributed by atoms with Crippen molar-refractivity contribution in [1.29, 1.82) is 10.5 Å². The van der Waals surface area contributed by atoms with Crippen molar-refractivity contribution < 1.29 is 14.3 Å². The molecule has 30 heavy (non-hydrogen) atoms. The molecule has 3 rings (SSSR count). The van der Waals surface area contributed by atoms with Crippen LogP contribution in [-0.2, 0) is 17.6 Å². The summed E-state index contributed by atoms with van der Waals surface area (Å²) in [6.07, 6.45) is 4.29. The second kappa shape index (κ2) is 9.47. The van der Waals surface area contributed by atoms with Crippen molar-refractivity contribution in [2.75, 3.05) is 19.0 Å². The molecule has 2 aromatic rings. The number of thiophene rings is 1. The average Bonchev–Trinajstić information content (AvgIpc) is 3.08. The number of methoxy groups -OCH3 is 1. The molecular weight excluding hydrogens is 398 g/mol. The number of nitrogens with one attached hydrogen (secondary N) is 1. The monoisotopic (exact) mass is 421 g/mol. The predicted molar refractivity (Wildman–Crippen MR) is 117 cm³/mol. The van der Waals surface area contributed by atoms with E-state index in [1.54, 1.807) is 18.2 Å². The zero-order chi connectivity index (χ0) is 21.7. The van der Waals surface area contributed by atoms with Gasteiger partial charge in [0.15, 0.2) is 11.5 Å². The normalized spacial score (nSPS) is 15.5. The zero-order valence-electron chi connectivity index (χ0n) is 17.2. The van der Waals surface area contributed by atoms with Crippen LogP contribution in [0.15, 0.2) is 23.8 Å². The van der Waals surface area contributed by atoms with Gasteiger partial charge in [-0.25, -0.2) is 0 Å². The summed E-state index contributed by atoms with van der Waals surface area (Å²) in [7, 11) is 1.53. The fourth-order valence-electron chi connectivity index (χ4n) is 3.49. The van der Waals surface area contributed by atoms with Gasteiger partial charge in [-0.1, -0.05) is 13.0 Å². The van der Waals surface area contributed by atoms with Gasteiger partial charge < -0.3 is 14.8 Å². The Morgan fingerprint density at radius 3 is 2.83 bits per heavy atom. The Hall–Kier alpha value is -3.29. The minimum atomic E-state index is -0.534. The Kier molecular flexibility index (Phi) is 6.76. The SMILES string of the molecule is CCOc1ccc(/C=C(\C#N)C(=O)Nc2sc3c(c2C#N)CCC(C)C3)cc1OC. The molecule has 0 saturated heterocycles. The summed E-state index contributed by atoms with van der Waals surface area (Å²) in [6, 6.07) is 9.38. The van der Waals surface area contributed by atoms with Crippen LogP contribution in [0.3, 0.4) is 0 Å². The van der Waals surface area contributed by atoms with Crippen LogP contribution >= 0.6 is 11.3 Å². The largest absolute Gasteiger partial charge is 0.493 e. The van der Waals surface area contributed by atoms with E-state index in [1.807, 2.05) is 13.0 Å². The van der Waals surface area contributed by atoms with Gasteiger partial charge in [0.1, 0.15) is 22.7 Å². The highest BCUT2D eigenvalue weighted by Crippen LogP contribution is 2.39. The molecule has 1 atom stereocenters. The number of ether oxygens (including phenoxy) is 2. The van der Waals surface area contributed by atoms with Gasteiger partial charge in [-0.05, 0) is 61.4 Å². The molecular formula is C23H23N3O3S. The van der Waals surface area contributed by atoms with E-state index >= 15 is 0 Å². The number of hydrogen-bond donors (Lipinski definition) is 1. The molecule has 0 aliphatic heterocycles. The summed E-state index contributed by atoms with van der Waals surface area (Å²) in [5, 5.41) is 22.4. The van der Waals surface area contributed by atoms with Crippen molar-refractivity contribution >= 4 is 28.3 Å². The van der Waals surface area contributed by atoms with E-state index in [0.717, 1.165) is 29.7 Å². The fraction of sp³-hybridized carbons (Fsp3) is 0.348. The van der Waals surface area contributed by atoms with Crippen molar-refractivity contribution in [3.05, 3.63) is 45.3 Å². The number of hydrogen-bond acceptors (Lipinski definition) is 6. The summed E-state index contributed by atoms with van der Waals surface area (Å²) in [5.41, 5.74) is 2.15. The Balaban J connectivity index is 1.86. The first-order valence-corrected chi connectivity index (χ1v) is 10.6. The molecule has 0 radical (unpaired) electrons. The van der Waals surface area contributed by atoms with Gasteiger partial charge in [-0.15, -0.1) is 11.3 Å². The molecule has 1 N–H and O–H groups in total. The first-order valence-electron chi connectivity index (χ1n) is 9.79. The Morgan fingerprint density at radius 1 is 1.37 bits per heavy atom. The summed E-state index contributed by atoms with van der Waals surface area (Å²) in [5.74, 6) is 1.15. The highest BCUT2D eigenvalue weighted by Gasteiger charge is 2.25. The van der Waals surface area contributed by atoms with E-state index < -0.39 is 5.91 Å². The van der Waals surface area contributed by atoms with Gasteiger partial charge in [0.2, 0.25) is 0 Å². The lowest BCUT2D eigenvalue weighted by Crippen LogP contribution is -2.13. The maximum atomic E-state index is 12.8. The van der Waals surface area contributed by atoms with Crippen molar-refractivity contribution in [1.82, 2.24) is 0 Å². The number of nitriles is 2. The number of carbonyl (C=O) groups excluding carboxylic acids is 1. The Bertz CT molecular complexity index is 1070. The van der Waals surface area contributed by atoms with Gasteiger partial charge in [0.05, 0.1) is 19.3 Å². The molecule has 1 aliphatic carbocycles. The van der Waals surface area contributed by atoms with Crippen LogP contribution in [0.1, 0.15) is 41.8 Å². The van der Waals surface area contributed by atoms with E-state index in [0.29, 0.717) is 40.2 Å². The molecule has 7 heteroatoms. The molecule has 1 heterocycles. The molecule has 1 aromatic carbocycles. The molecule has 1 amide bonds. The lowest BCUT2D eigenvalue weighted by molar-refractivity contribution is -0.112. The molecule has 1 unspecified atom stereocenters. The highest BCUT2D eigenvalue weighted by molar-refractivity contribution is 7.16. The van der Waals surface area contributed by atoms with E-state index in [9.17, 15) is 15.3 Å². The second-order valence-electron chi connectivity index (χ2n) is 7.13. The Labute approximate surface area is 180 Å². The molecule has 0 bridgehead atoms. The van der Waals surface area contributed by atoms with Gasteiger partial charge in [-0.3, -0.25) is 4.79 Å². The van der Waals surface area contributed by atoms with Crippen LogP contribution in [0.25, 0.3) is 6.08 Å². The third kappa shape index (κ3) is 4.48. The third-order valence-corrected chi connectivity index (χ3v) is 6.18. The molecule has 1 aliphatic rings. The van der Waals surface area contributed by atoms with Crippen molar-refractivity contribution in [3.8, 4) is 23.6 Å². The third-order valence-electron chi connectivity index (χ3n) is 5.01. The number of benzene rings is 1. The van der Waals surface area contributed by atoms with Crippen molar-refractivity contribution in [3.63, 3.8) is 0 Å². The van der Waals surface area contributed by atoms with E-state index in [2.05, 4.69) is 18.3 Å². The first kappa shape index (κ1) is 21.4. The number of amides is 1. The zero-order valence-corrected chi connectivity index (χ0v) is 18.1. The number of anilines is 1. The molecule has 1 aromatic heterocycles. The minimum absolute atomic E-state index is 0.0511. The van der Waals surface area contributed by atoms with E-state index in [4.69, 9.17) is 9.47 Å². The lowest BCUT2D eigenvalue weighted by atomic mass is 9.88. The molecule has 154 valence electrons. The summed E-state index contributed by atoms with van der Waals surface area (Å²) >= 11 is 1.44. The lowest BCUT2D eigenvalue weighted by Gasteiger charge is -2.17. The smallest absolute Gasteiger partial charge is 0.266 e. The Morgan fingerprint density at radius 2 is 2.17 bits per heavy atom. The van der Waals surface area contributed by atoms with Crippen LogP contribution in [0.2, 0.25) is 0 Å². The summed E-state index contributed by atoms with van der Waals surface area (Å²) in [4.78, 5) is 13.9. The maximum Gasteiger partial charge on any atom is 0.266 e. The van der Waals surface area contributed by atoms with Crippen LogP contribution in [-0.4, -0.2) is 19.6 Å². The number of carbonyl (C=O) groups is 1. The summed E-state index contributed by atoms with van der Waals surface area (Å²) < 4.78 is 10.8. The van der Waals surface area contributed by atoms with Gasteiger partial charge >= 0.3 is 0 Å². The topological polar surface area (TPSA) is 95.1 Å². The van der Waals surface area contributed by atoms with Crippen molar-refractivity contribution in [2.24, 2.45) is 5.92 Å². The second-order valence-corrected chi connectivity index (χ2v) is 8.24. The average molecular weight is 422 g/mol. The predicted octanol–water partition coefficient (Wildman–Crippen LogP) is 4.70. The summed E-state index contributed by atoms with van der Waals surface area (Å²) in [6.45, 7) is 4.57. The minimum Gasteiger partial charge on any atom is -0.493 e. The first-order chi connectivity index (χ1) is 14.5. The van der Waals surface area contributed by atoms with Crippen LogP contribution in [0.5, 0.6) is 11.5 Å². The van der Waals surface area contributed by atoms with E-state index in [1.165, 1.54) is 24.5 Å². The molecule has 0 fully saturated rings. The highest BCUT2D eigenvalue weighted by atomic mass is 32.1. The van der Waals surface area contributed by atoms with Gasteiger partial charge in [-0.2, -0.15) is 10.5 Å². The molecule has 0 spiro atoms. The molecule has 6 nitrogen and oxygen atoms in total. The standard InChI is InChI=1S/C23H23N3O3S/c1-4-29-19-8-6-15(11-20(19)28-3)10-16(12-24)22(27)26-23-18(13-25)17-7-5-14(2)9-21(17)30-23/h6,8,10-11,14H,4-5,7,9H2,1-3H3,(H,26,27)/b16-10+. The van der Waals surface area contributed by atoms with Gasteiger partial charge in [0, 0.05) is 4.88 Å². The van der Waals surface area contributed by atoms with Crippen LogP contribution < -0.4 is 14.8 Å². The number of nitrogens with zero attached hydrogens (tertiary/aromatic N) is 2. The van der Waals surface area contributed by atoms with Crippen LogP contribution in [0.4, 0.5) is 5.00 Å². The molecule has 0 saturated carbocycles. The number of rotatable bonds is 6. The van der Waals surface area contributed by atoms with Crippen molar-refractivity contribution in [2.45, 2.75) is 33.1 Å². The van der Waals surface area contributed by atoms with Gasteiger partial charge in [0.25, 0.3) is 5.91 Å². The number of fused-ring (bicyclic) bond motifs is 1. The fourth-order valence-corrected chi connectivity index (χ4v) is 4.85. The van der Waals surface area contributed by atoms with E-state index in [-0.39, 0.29) is 5.57 Å². The van der Waals surface area contributed by atoms with Crippen LogP contribution in [0, 0.1) is 28.6 Å². The maximum absolute atomic E-state index is 12.8. The quantitative estimate of drug-likeness (QED) is 0.539.